The molecule has 0 fully saturated rings. The van der Waals surface area contributed by atoms with Crippen LogP contribution in [0.2, 0.25) is 0 Å². The average Bonchev–Trinajstić information content (AvgIpc) is 2.80. The van der Waals surface area contributed by atoms with Gasteiger partial charge in [0.25, 0.3) is 0 Å². The molecule has 16 heavy (non-hydrogen) atoms. The fourth-order valence-electron chi connectivity index (χ4n) is 1.65. The first-order chi connectivity index (χ1) is 7.79. The number of halogens is 1. The lowest BCUT2D eigenvalue weighted by molar-refractivity contribution is 0.253. The summed E-state index contributed by atoms with van der Waals surface area (Å²) in [4.78, 5) is 3.99. The maximum absolute atomic E-state index is 9.40. The largest absolute Gasteiger partial charge is 0.396 e. The molecule has 0 aliphatic rings. The van der Waals surface area contributed by atoms with Crippen LogP contribution in [0.1, 0.15) is 11.5 Å². The number of aliphatic hydroxyl groups excluding tert-OH is 1. The van der Waals surface area contributed by atoms with Gasteiger partial charge in [-0.3, -0.25) is 0 Å². The van der Waals surface area contributed by atoms with Crippen LogP contribution in [0.15, 0.2) is 47.5 Å². The molecular formula is C12H13BrN2O. The van der Waals surface area contributed by atoms with E-state index in [0.29, 0.717) is 0 Å². The Balaban J connectivity index is 2.13. The first kappa shape index (κ1) is 11.4. The van der Waals surface area contributed by atoms with Crippen LogP contribution in [0.4, 0.5) is 0 Å². The van der Waals surface area contributed by atoms with Crippen molar-refractivity contribution in [1.82, 2.24) is 9.55 Å². The second kappa shape index (κ2) is 5.27. The molecule has 1 aromatic carbocycles. The van der Waals surface area contributed by atoms with E-state index in [2.05, 4.69) is 20.9 Å². The molecular weight excluding hydrogens is 268 g/mol. The van der Waals surface area contributed by atoms with Gasteiger partial charge in [-0.25, -0.2) is 4.98 Å². The zero-order valence-electron chi connectivity index (χ0n) is 8.75. The van der Waals surface area contributed by atoms with Crippen molar-refractivity contribution in [2.75, 3.05) is 6.61 Å². The van der Waals surface area contributed by atoms with E-state index in [4.69, 9.17) is 0 Å². The summed E-state index contributed by atoms with van der Waals surface area (Å²) in [5.41, 5.74) is 1.14. The minimum atomic E-state index is 0.113. The molecule has 84 valence electrons. The fourth-order valence-corrected chi connectivity index (χ4v) is 1.92. The van der Waals surface area contributed by atoms with Gasteiger partial charge in [0.2, 0.25) is 0 Å². The smallest absolute Gasteiger partial charge is 0.0946 e. The van der Waals surface area contributed by atoms with E-state index in [1.54, 1.807) is 12.5 Å². The van der Waals surface area contributed by atoms with Crippen LogP contribution in [0, 0.1) is 0 Å². The summed E-state index contributed by atoms with van der Waals surface area (Å²) < 4.78 is 3.03. The van der Waals surface area contributed by atoms with Crippen LogP contribution in [0.3, 0.4) is 0 Å². The number of hydrogen-bond acceptors (Lipinski definition) is 2. The molecule has 1 aromatic heterocycles. The number of benzene rings is 1. The third-order valence-electron chi connectivity index (χ3n) is 2.55. The van der Waals surface area contributed by atoms with Crippen molar-refractivity contribution in [3.63, 3.8) is 0 Å². The summed E-state index contributed by atoms with van der Waals surface area (Å²) in [6.07, 6.45) is 5.42. The molecule has 1 atom stereocenters. The molecule has 2 aromatic rings. The predicted molar refractivity (Wildman–Crippen MR) is 66.2 cm³/mol. The van der Waals surface area contributed by atoms with Gasteiger partial charge in [-0.1, -0.05) is 28.1 Å². The van der Waals surface area contributed by atoms with Crippen LogP contribution < -0.4 is 0 Å². The molecule has 0 aliphatic heterocycles. The molecule has 0 bridgehead atoms. The lowest BCUT2D eigenvalue weighted by atomic mass is 10.0. The maximum atomic E-state index is 9.40. The molecule has 1 unspecified atom stereocenters. The van der Waals surface area contributed by atoms with Crippen molar-refractivity contribution in [2.24, 2.45) is 0 Å². The second-order valence-electron chi connectivity index (χ2n) is 3.69. The Labute approximate surface area is 103 Å². The Bertz CT molecular complexity index is 425. The molecule has 4 heteroatoms. The number of hydrogen-bond donors (Lipinski definition) is 1. The number of aromatic nitrogens is 2. The van der Waals surface area contributed by atoms with Gasteiger partial charge < -0.3 is 9.67 Å². The maximum Gasteiger partial charge on any atom is 0.0946 e. The van der Waals surface area contributed by atoms with Crippen molar-refractivity contribution in [1.29, 1.82) is 0 Å². The standard InChI is InChI=1S/C12H13BrN2O/c13-12-3-1-10(2-4-12)11(8-16)7-15-6-5-14-9-15/h1-6,9,11,16H,7-8H2. The number of aliphatic hydroxyl groups is 1. The van der Waals surface area contributed by atoms with Gasteiger partial charge in [-0.2, -0.15) is 0 Å². The quantitative estimate of drug-likeness (QED) is 0.934. The van der Waals surface area contributed by atoms with Crippen molar-refractivity contribution >= 4 is 15.9 Å². The molecule has 0 aliphatic carbocycles. The summed E-state index contributed by atoms with van der Waals surface area (Å²) >= 11 is 3.40. The van der Waals surface area contributed by atoms with Gasteiger partial charge in [0, 0.05) is 29.3 Å². The zero-order valence-corrected chi connectivity index (χ0v) is 10.3. The molecule has 3 nitrogen and oxygen atoms in total. The van der Waals surface area contributed by atoms with Crippen molar-refractivity contribution in [2.45, 2.75) is 12.5 Å². The average molecular weight is 281 g/mol. The Morgan fingerprint density at radius 1 is 1.31 bits per heavy atom. The summed E-state index contributed by atoms with van der Waals surface area (Å²) in [6.45, 7) is 0.887. The Kier molecular flexibility index (Phi) is 3.74. The van der Waals surface area contributed by atoms with Gasteiger partial charge in [0.15, 0.2) is 0 Å². The molecule has 1 heterocycles. The highest BCUT2D eigenvalue weighted by Crippen LogP contribution is 2.20. The summed E-state index contributed by atoms with van der Waals surface area (Å²) in [5.74, 6) is 0.113. The third kappa shape index (κ3) is 2.71. The van der Waals surface area contributed by atoms with Crippen molar-refractivity contribution < 1.29 is 5.11 Å². The topological polar surface area (TPSA) is 38.0 Å². The summed E-state index contributed by atoms with van der Waals surface area (Å²) in [7, 11) is 0. The third-order valence-corrected chi connectivity index (χ3v) is 3.08. The lowest BCUT2D eigenvalue weighted by Crippen LogP contribution is -2.11. The van der Waals surface area contributed by atoms with Crippen molar-refractivity contribution in [3.8, 4) is 0 Å². The molecule has 0 saturated heterocycles. The first-order valence-corrected chi connectivity index (χ1v) is 5.91. The molecule has 2 rings (SSSR count). The number of nitrogens with zero attached hydrogens (tertiary/aromatic N) is 2. The SMILES string of the molecule is OCC(Cn1ccnc1)c1ccc(Br)cc1. The Morgan fingerprint density at radius 2 is 2.06 bits per heavy atom. The Morgan fingerprint density at radius 3 is 2.62 bits per heavy atom. The second-order valence-corrected chi connectivity index (χ2v) is 4.61. The first-order valence-electron chi connectivity index (χ1n) is 5.11. The van der Waals surface area contributed by atoms with E-state index in [0.717, 1.165) is 16.6 Å². The van der Waals surface area contributed by atoms with E-state index in [-0.39, 0.29) is 12.5 Å². The van der Waals surface area contributed by atoms with Gasteiger partial charge in [-0.05, 0) is 17.7 Å². The Hall–Kier alpha value is -1.13. The fraction of sp³-hybridized carbons (Fsp3) is 0.250. The normalized spacial score (nSPS) is 12.6. The molecule has 0 radical (unpaired) electrons. The van der Waals surface area contributed by atoms with Crippen LogP contribution in [-0.2, 0) is 6.54 Å². The predicted octanol–water partition coefficient (Wildman–Crippen LogP) is 2.42. The highest BCUT2D eigenvalue weighted by Gasteiger charge is 2.10. The number of imidazole rings is 1. The summed E-state index contributed by atoms with van der Waals surface area (Å²) in [6, 6.07) is 8.04. The van der Waals surface area contributed by atoms with Gasteiger partial charge in [0.1, 0.15) is 0 Å². The molecule has 1 N–H and O–H groups in total. The minimum Gasteiger partial charge on any atom is -0.396 e. The highest BCUT2D eigenvalue weighted by molar-refractivity contribution is 9.10. The highest BCUT2D eigenvalue weighted by atomic mass is 79.9. The van der Waals surface area contributed by atoms with E-state index in [1.807, 2.05) is 35.0 Å². The van der Waals surface area contributed by atoms with E-state index < -0.39 is 0 Å². The molecule has 0 spiro atoms. The van der Waals surface area contributed by atoms with Gasteiger partial charge >= 0.3 is 0 Å². The van der Waals surface area contributed by atoms with Gasteiger partial charge in [0.05, 0.1) is 12.9 Å². The number of rotatable bonds is 4. The van der Waals surface area contributed by atoms with Crippen molar-refractivity contribution in [3.05, 3.63) is 53.0 Å². The van der Waals surface area contributed by atoms with Crippen LogP contribution in [0.25, 0.3) is 0 Å². The van der Waals surface area contributed by atoms with Crippen LogP contribution in [-0.4, -0.2) is 21.3 Å². The van der Waals surface area contributed by atoms with Crippen LogP contribution >= 0.6 is 15.9 Å². The zero-order chi connectivity index (χ0) is 11.4. The summed E-state index contributed by atoms with van der Waals surface area (Å²) in [5, 5.41) is 9.40. The minimum absolute atomic E-state index is 0.113. The van der Waals surface area contributed by atoms with E-state index in [9.17, 15) is 5.11 Å². The molecule has 0 saturated carbocycles. The van der Waals surface area contributed by atoms with E-state index >= 15 is 0 Å². The van der Waals surface area contributed by atoms with Crippen LogP contribution in [0.5, 0.6) is 0 Å². The molecule has 0 amide bonds. The van der Waals surface area contributed by atoms with Gasteiger partial charge in [-0.15, -0.1) is 0 Å². The van der Waals surface area contributed by atoms with E-state index in [1.165, 1.54) is 0 Å². The lowest BCUT2D eigenvalue weighted by Gasteiger charge is -2.15. The monoisotopic (exact) mass is 280 g/mol.